The molecule has 0 aliphatic rings. The third-order valence-electron chi connectivity index (χ3n) is 4.01. The predicted molar refractivity (Wildman–Crippen MR) is 95.5 cm³/mol. The number of hydrogen-bond donors (Lipinski definition) is 1. The number of hydrogen-bond acceptors (Lipinski definition) is 3. The third-order valence-corrected chi connectivity index (χ3v) is 4.01. The number of fused-ring (bicyclic) bond motifs is 1. The molecule has 3 rings (SSSR count). The highest BCUT2D eigenvalue weighted by Gasteiger charge is 2.12. The first-order valence-electron chi connectivity index (χ1n) is 8.42. The van der Waals surface area contributed by atoms with E-state index in [1.807, 2.05) is 30.3 Å². The number of unbranched alkanes of at least 4 members (excludes halogenated alkanes) is 1. The Bertz CT molecular complexity index is 811. The van der Waals surface area contributed by atoms with Crippen LogP contribution < -0.4 is 5.32 Å². The number of para-hydroxylation sites is 2. The number of nitrogens with one attached hydrogen (secondary N) is 1. The zero-order chi connectivity index (χ0) is 16.8. The highest BCUT2D eigenvalue weighted by molar-refractivity contribution is 5.80. The largest absolute Gasteiger partial charge is 0.354 e. The molecule has 0 aliphatic heterocycles. The molecule has 2 aromatic heterocycles. The normalized spacial score (nSPS) is 10.9. The minimum atomic E-state index is 0.117. The SMILES string of the molecule is CCCCC(=O)NCCn1c(-c2ccncc2)nc2ccccc21. The average molecular weight is 322 g/mol. The fraction of sp³-hybridized carbons (Fsp3) is 0.316. The van der Waals surface area contributed by atoms with Crippen LogP contribution in [0.5, 0.6) is 0 Å². The molecule has 0 radical (unpaired) electrons. The topological polar surface area (TPSA) is 59.8 Å². The van der Waals surface area contributed by atoms with Crippen molar-refractivity contribution in [2.45, 2.75) is 32.7 Å². The number of rotatable bonds is 7. The summed E-state index contributed by atoms with van der Waals surface area (Å²) >= 11 is 0. The minimum Gasteiger partial charge on any atom is -0.354 e. The molecular formula is C19H22N4O. The number of amides is 1. The quantitative estimate of drug-likeness (QED) is 0.725. The van der Waals surface area contributed by atoms with E-state index in [-0.39, 0.29) is 5.91 Å². The Kier molecular flexibility index (Phi) is 5.21. The molecule has 0 unspecified atom stereocenters. The van der Waals surface area contributed by atoms with Crippen molar-refractivity contribution in [2.75, 3.05) is 6.54 Å². The molecule has 0 aliphatic carbocycles. The Morgan fingerprint density at radius 3 is 2.75 bits per heavy atom. The number of nitrogens with zero attached hydrogens (tertiary/aromatic N) is 3. The van der Waals surface area contributed by atoms with Gasteiger partial charge in [0, 0.05) is 37.5 Å². The standard InChI is InChI=1S/C19H22N4O/c1-2-3-8-18(24)21-13-14-23-17-7-5-4-6-16(17)22-19(23)15-9-11-20-12-10-15/h4-7,9-12H,2-3,8,13-14H2,1H3,(H,21,24). The molecule has 5 nitrogen and oxygen atoms in total. The molecule has 0 saturated carbocycles. The number of pyridine rings is 1. The van der Waals surface area contributed by atoms with Gasteiger partial charge in [0.2, 0.25) is 5.91 Å². The van der Waals surface area contributed by atoms with E-state index in [0.717, 1.165) is 35.3 Å². The lowest BCUT2D eigenvalue weighted by Crippen LogP contribution is -2.27. The number of carbonyl (C=O) groups excluding carboxylic acids is 1. The van der Waals surface area contributed by atoms with Gasteiger partial charge in [-0.1, -0.05) is 25.5 Å². The van der Waals surface area contributed by atoms with Crippen molar-refractivity contribution < 1.29 is 4.79 Å². The third kappa shape index (κ3) is 3.62. The van der Waals surface area contributed by atoms with Gasteiger partial charge in [-0.05, 0) is 30.7 Å². The van der Waals surface area contributed by atoms with Crippen LogP contribution in [0.25, 0.3) is 22.4 Å². The summed E-state index contributed by atoms with van der Waals surface area (Å²) in [6, 6.07) is 12.0. The van der Waals surface area contributed by atoms with Gasteiger partial charge < -0.3 is 9.88 Å². The van der Waals surface area contributed by atoms with Crippen molar-refractivity contribution in [3.05, 3.63) is 48.8 Å². The van der Waals surface area contributed by atoms with Crippen LogP contribution in [0.15, 0.2) is 48.8 Å². The maximum absolute atomic E-state index is 11.8. The predicted octanol–water partition coefficient (Wildman–Crippen LogP) is 3.40. The molecule has 24 heavy (non-hydrogen) atoms. The molecule has 3 aromatic rings. The van der Waals surface area contributed by atoms with Gasteiger partial charge in [0.25, 0.3) is 0 Å². The first kappa shape index (κ1) is 16.2. The summed E-state index contributed by atoms with van der Waals surface area (Å²) in [5.74, 6) is 1.02. The molecule has 0 atom stereocenters. The molecular weight excluding hydrogens is 300 g/mol. The van der Waals surface area contributed by atoms with Gasteiger partial charge in [-0.15, -0.1) is 0 Å². The molecule has 1 amide bonds. The summed E-state index contributed by atoms with van der Waals surface area (Å²) in [6.45, 7) is 3.38. The fourth-order valence-corrected chi connectivity index (χ4v) is 2.76. The van der Waals surface area contributed by atoms with E-state index in [1.54, 1.807) is 12.4 Å². The van der Waals surface area contributed by atoms with Crippen molar-refractivity contribution >= 4 is 16.9 Å². The lowest BCUT2D eigenvalue weighted by Gasteiger charge is -2.10. The number of imidazole rings is 1. The summed E-state index contributed by atoms with van der Waals surface area (Å²) in [5.41, 5.74) is 3.06. The average Bonchev–Trinajstić information content (AvgIpc) is 2.99. The van der Waals surface area contributed by atoms with E-state index in [4.69, 9.17) is 4.98 Å². The number of carbonyl (C=O) groups is 1. The highest BCUT2D eigenvalue weighted by atomic mass is 16.1. The summed E-state index contributed by atoms with van der Waals surface area (Å²) in [6.07, 6.45) is 6.10. The second-order valence-electron chi connectivity index (χ2n) is 5.77. The van der Waals surface area contributed by atoms with Gasteiger partial charge in [0.15, 0.2) is 0 Å². The Labute approximate surface area is 141 Å². The van der Waals surface area contributed by atoms with Crippen molar-refractivity contribution in [2.24, 2.45) is 0 Å². The summed E-state index contributed by atoms with van der Waals surface area (Å²) in [7, 11) is 0. The first-order valence-corrected chi connectivity index (χ1v) is 8.42. The molecule has 0 bridgehead atoms. The summed E-state index contributed by atoms with van der Waals surface area (Å²) < 4.78 is 2.16. The second kappa shape index (κ2) is 7.73. The van der Waals surface area contributed by atoms with Crippen LogP contribution in [-0.4, -0.2) is 27.0 Å². The van der Waals surface area contributed by atoms with Crippen molar-refractivity contribution in [1.29, 1.82) is 0 Å². The van der Waals surface area contributed by atoms with E-state index in [2.05, 4.69) is 27.9 Å². The van der Waals surface area contributed by atoms with Crippen molar-refractivity contribution in [3.8, 4) is 11.4 Å². The van der Waals surface area contributed by atoms with Crippen LogP contribution in [-0.2, 0) is 11.3 Å². The maximum Gasteiger partial charge on any atom is 0.220 e. The van der Waals surface area contributed by atoms with E-state index in [9.17, 15) is 4.79 Å². The van der Waals surface area contributed by atoms with E-state index in [1.165, 1.54) is 0 Å². The number of benzene rings is 1. The summed E-state index contributed by atoms with van der Waals surface area (Å²) in [5, 5.41) is 3.00. The minimum absolute atomic E-state index is 0.117. The van der Waals surface area contributed by atoms with Crippen molar-refractivity contribution in [1.82, 2.24) is 19.9 Å². The molecule has 0 saturated heterocycles. The molecule has 0 fully saturated rings. The lowest BCUT2D eigenvalue weighted by molar-refractivity contribution is -0.121. The molecule has 0 spiro atoms. The molecule has 5 heteroatoms. The van der Waals surface area contributed by atoms with Crippen LogP contribution in [0.2, 0.25) is 0 Å². The van der Waals surface area contributed by atoms with Crippen LogP contribution in [0.3, 0.4) is 0 Å². The highest BCUT2D eigenvalue weighted by Crippen LogP contribution is 2.24. The van der Waals surface area contributed by atoms with Gasteiger partial charge in [-0.2, -0.15) is 0 Å². The first-order chi connectivity index (χ1) is 11.8. The zero-order valence-electron chi connectivity index (χ0n) is 13.9. The second-order valence-corrected chi connectivity index (χ2v) is 5.77. The Morgan fingerprint density at radius 1 is 1.17 bits per heavy atom. The van der Waals surface area contributed by atoms with Gasteiger partial charge in [0.1, 0.15) is 5.82 Å². The van der Waals surface area contributed by atoms with E-state index in [0.29, 0.717) is 19.5 Å². The molecule has 124 valence electrons. The number of aromatic nitrogens is 3. The van der Waals surface area contributed by atoms with E-state index < -0.39 is 0 Å². The monoisotopic (exact) mass is 322 g/mol. The molecule has 1 N–H and O–H groups in total. The molecule has 1 aromatic carbocycles. The Morgan fingerprint density at radius 2 is 1.96 bits per heavy atom. The maximum atomic E-state index is 11.8. The van der Waals surface area contributed by atoms with Crippen LogP contribution in [0.4, 0.5) is 0 Å². The smallest absolute Gasteiger partial charge is 0.220 e. The fourth-order valence-electron chi connectivity index (χ4n) is 2.76. The Hall–Kier alpha value is -2.69. The van der Waals surface area contributed by atoms with Crippen LogP contribution >= 0.6 is 0 Å². The van der Waals surface area contributed by atoms with Crippen LogP contribution in [0.1, 0.15) is 26.2 Å². The summed E-state index contributed by atoms with van der Waals surface area (Å²) in [4.78, 5) is 20.6. The van der Waals surface area contributed by atoms with Gasteiger partial charge >= 0.3 is 0 Å². The van der Waals surface area contributed by atoms with Gasteiger partial charge in [-0.3, -0.25) is 9.78 Å². The van der Waals surface area contributed by atoms with Gasteiger partial charge in [0.05, 0.1) is 11.0 Å². The van der Waals surface area contributed by atoms with Crippen LogP contribution in [0, 0.1) is 0 Å². The zero-order valence-corrected chi connectivity index (χ0v) is 13.9. The Balaban J connectivity index is 1.82. The van der Waals surface area contributed by atoms with E-state index >= 15 is 0 Å². The van der Waals surface area contributed by atoms with Crippen molar-refractivity contribution in [3.63, 3.8) is 0 Å². The van der Waals surface area contributed by atoms with Gasteiger partial charge in [-0.25, -0.2) is 4.98 Å². The molecule has 2 heterocycles. The lowest BCUT2D eigenvalue weighted by atomic mass is 10.2.